The van der Waals surface area contributed by atoms with Crippen molar-refractivity contribution in [2.45, 2.75) is 39.8 Å². The third kappa shape index (κ3) is 2.70. The minimum Gasteiger partial charge on any atom is -0.376 e. The molecule has 1 aromatic carbocycles. The van der Waals surface area contributed by atoms with E-state index in [0.29, 0.717) is 6.54 Å². The lowest BCUT2D eigenvalue weighted by atomic mass is 10.2. The van der Waals surface area contributed by atoms with E-state index in [1.807, 2.05) is 27.3 Å². The second-order valence-electron chi connectivity index (χ2n) is 4.78. The van der Waals surface area contributed by atoms with Gasteiger partial charge in [0.2, 0.25) is 0 Å². The maximum Gasteiger partial charge on any atom is 0.329 e. The summed E-state index contributed by atoms with van der Waals surface area (Å²) in [6.07, 6.45) is 1.84. The van der Waals surface area contributed by atoms with Gasteiger partial charge in [-0.2, -0.15) is 0 Å². The number of benzene rings is 1. The van der Waals surface area contributed by atoms with Crippen LogP contribution < -0.4 is 16.7 Å². The number of hydrogen-bond donors (Lipinski definition) is 2. The molecule has 1 aromatic heterocycles. The molecule has 20 heavy (non-hydrogen) atoms. The van der Waals surface area contributed by atoms with Crippen molar-refractivity contribution >= 4 is 34.1 Å². The number of rotatable bonds is 5. The second kappa shape index (κ2) is 6.09. The molecule has 0 bridgehead atoms. The summed E-state index contributed by atoms with van der Waals surface area (Å²) in [5.41, 5.74) is 8.24. The summed E-state index contributed by atoms with van der Waals surface area (Å²) in [4.78, 5) is 12.5. The van der Waals surface area contributed by atoms with Gasteiger partial charge in [0.1, 0.15) is 0 Å². The van der Waals surface area contributed by atoms with Gasteiger partial charge in [0, 0.05) is 18.8 Å². The Morgan fingerprint density at radius 1 is 1.20 bits per heavy atom. The molecule has 0 aliphatic heterocycles. The van der Waals surface area contributed by atoms with Gasteiger partial charge in [0.15, 0.2) is 5.11 Å². The number of nitrogens with two attached hydrogens (primary N) is 1. The van der Waals surface area contributed by atoms with E-state index in [2.05, 4.69) is 19.2 Å². The van der Waals surface area contributed by atoms with Crippen LogP contribution >= 0.6 is 12.2 Å². The Balaban J connectivity index is 2.62. The SMILES string of the molecule is CCCn1c(=O)n(CCC)c2cc(NC(N)=S)ccc21. The highest BCUT2D eigenvalue weighted by Crippen LogP contribution is 2.19. The van der Waals surface area contributed by atoms with Crippen LogP contribution in [0.4, 0.5) is 5.69 Å². The highest BCUT2D eigenvalue weighted by atomic mass is 32.1. The number of nitrogens with zero attached hydrogens (tertiary/aromatic N) is 2. The Morgan fingerprint density at radius 3 is 2.35 bits per heavy atom. The van der Waals surface area contributed by atoms with Crippen molar-refractivity contribution < 1.29 is 0 Å². The third-order valence-corrected chi connectivity index (χ3v) is 3.28. The first-order valence-electron chi connectivity index (χ1n) is 6.88. The van der Waals surface area contributed by atoms with Crippen LogP contribution in [0, 0.1) is 0 Å². The molecule has 0 aliphatic rings. The minimum atomic E-state index is 0.0520. The largest absolute Gasteiger partial charge is 0.376 e. The van der Waals surface area contributed by atoms with Gasteiger partial charge in [0.25, 0.3) is 0 Å². The smallest absolute Gasteiger partial charge is 0.329 e. The van der Waals surface area contributed by atoms with E-state index in [0.717, 1.165) is 36.1 Å². The first kappa shape index (κ1) is 14.6. The Hall–Kier alpha value is -1.82. The Bertz CT molecular complexity index is 686. The van der Waals surface area contributed by atoms with Crippen molar-refractivity contribution in [3.05, 3.63) is 28.7 Å². The summed E-state index contributed by atoms with van der Waals surface area (Å²) < 4.78 is 3.64. The summed E-state index contributed by atoms with van der Waals surface area (Å²) in [5, 5.41) is 3.14. The number of fused-ring (bicyclic) bond motifs is 1. The van der Waals surface area contributed by atoms with Gasteiger partial charge in [-0.15, -0.1) is 0 Å². The summed E-state index contributed by atoms with van der Waals surface area (Å²) in [6.45, 7) is 5.57. The van der Waals surface area contributed by atoms with Crippen LogP contribution in [0.1, 0.15) is 26.7 Å². The lowest BCUT2D eigenvalue weighted by Gasteiger charge is -2.05. The second-order valence-corrected chi connectivity index (χ2v) is 5.22. The van der Waals surface area contributed by atoms with E-state index >= 15 is 0 Å². The minimum absolute atomic E-state index is 0.0520. The molecule has 0 aliphatic carbocycles. The van der Waals surface area contributed by atoms with Gasteiger partial charge in [-0.1, -0.05) is 13.8 Å². The summed E-state index contributed by atoms with van der Waals surface area (Å²) in [6, 6.07) is 5.76. The van der Waals surface area contributed by atoms with Gasteiger partial charge >= 0.3 is 5.69 Å². The fraction of sp³-hybridized carbons (Fsp3) is 0.429. The lowest BCUT2D eigenvalue weighted by molar-refractivity contribution is 0.607. The predicted octanol–water partition coefficient (Wildman–Crippen LogP) is 2.28. The average molecular weight is 292 g/mol. The van der Waals surface area contributed by atoms with Gasteiger partial charge in [-0.25, -0.2) is 4.79 Å². The van der Waals surface area contributed by atoms with Gasteiger partial charge in [-0.3, -0.25) is 9.13 Å². The zero-order valence-corrected chi connectivity index (χ0v) is 12.7. The van der Waals surface area contributed by atoms with E-state index < -0.39 is 0 Å². The maximum absolute atomic E-state index is 12.5. The average Bonchev–Trinajstić information content (AvgIpc) is 2.64. The predicted molar refractivity (Wildman–Crippen MR) is 87.2 cm³/mol. The maximum atomic E-state index is 12.5. The van der Waals surface area contributed by atoms with Crippen LogP contribution in [0.25, 0.3) is 11.0 Å². The fourth-order valence-electron chi connectivity index (χ4n) is 2.42. The van der Waals surface area contributed by atoms with Crippen LogP contribution in [0.15, 0.2) is 23.0 Å². The van der Waals surface area contributed by atoms with E-state index in [1.54, 1.807) is 0 Å². The van der Waals surface area contributed by atoms with Crippen LogP contribution in [-0.2, 0) is 13.1 Å². The summed E-state index contributed by atoms with van der Waals surface area (Å²) in [7, 11) is 0. The number of imidazole rings is 1. The van der Waals surface area contributed by atoms with Crippen LogP contribution in [0.3, 0.4) is 0 Å². The summed E-state index contributed by atoms with van der Waals surface area (Å²) >= 11 is 4.85. The van der Waals surface area contributed by atoms with Crippen LogP contribution in [-0.4, -0.2) is 14.2 Å². The number of hydrogen-bond acceptors (Lipinski definition) is 2. The Morgan fingerprint density at radius 2 is 1.80 bits per heavy atom. The monoisotopic (exact) mass is 292 g/mol. The number of anilines is 1. The van der Waals surface area contributed by atoms with E-state index in [1.165, 1.54) is 0 Å². The molecule has 2 rings (SSSR count). The molecule has 0 fully saturated rings. The van der Waals surface area contributed by atoms with Crippen LogP contribution in [0.5, 0.6) is 0 Å². The van der Waals surface area contributed by atoms with Crippen molar-refractivity contribution in [3.63, 3.8) is 0 Å². The highest BCUT2D eigenvalue weighted by molar-refractivity contribution is 7.80. The molecule has 6 heteroatoms. The van der Waals surface area contributed by atoms with Crippen molar-refractivity contribution in [2.24, 2.45) is 5.73 Å². The van der Waals surface area contributed by atoms with Gasteiger partial charge in [0.05, 0.1) is 11.0 Å². The first-order valence-corrected chi connectivity index (χ1v) is 7.28. The Labute approximate surface area is 123 Å². The fourth-order valence-corrected chi connectivity index (χ4v) is 2.54. The van der Waals surface area contributed by atoms with Crippen molar-refractivity contribution in [3.8, 4) is 0 Å². The Kier molecular flexibility index (Phi) is 4.44. The topological polar surface area (TPSA) is 65.0 Å². The van der Waals surface area contributed by atoms with Crippen molar-refractivity contribution in [1.82, 2.24) is 9.13 Å². The normalized spacial score (nSPS) is 10.9. The highest BCUT2D eigenvalue weighted by Gasteiger charge is 2.12. The molecule has 2 aromatic rings. The number of aromatic nitrogens is 2. The van der Waals surface area contributed by atoms with E-state index in [9.17, 15) is 4.79 Å². The van der Waals surface area contributed by atoms with Crippen molar-refractivity contribution in [1.29, 1.82) is 0 Å². The van der Waals surface area contributed by atoms with Gasteiger partial charge < -0.3 is 11.1 Å². The molecule has 108 valence electrons. The third-order valence-electron chi connectivity index (χ3n) is 3.18. The van der Waals surface area contributed by atoms with E-state index in [4.69, 9.17) is 18.0 Å². The van der Waals surface area contributed by atoms with Gasteiger partial charge in [-0.05, 0) is 43.3 Å². The van der Waals surface area contributed by atoms with Crippen molar-refractivity contribution in [2.75, 3.05) is 5.32 Å². The lowest BCUT2D eigenvalue weighted by Crippen LogP contribution is -2.24. The number of thiocarbonyl (C=S) groups is 1. The molecule has 1 heterocycles. The molecule has 0 saturated heterocycles. The van der Waals surface area contributed by atoms with Crippen LogP contribution in [0.2, 0.25) is 0 Å². The molecule has 0 spiro atoms. The molecular weight excluding hydrogens is 272 g/mol. The zero-order chi connectivity index (χ0) is 14.7. The molecule has 3 N–H and O–H groups in total. The molecule has 0 radical (unpaired) electrons. The number of aryl methyl sites for hydroxylation is 2. The molecule has 0 atom stereocenters. The quantitative estimate of drug-likeness (QED) is 0.830. The first-order chi connectivity index (χ1) is 9.58. The molecule has 0 saturated carbocycles. The zero-order valence-electron chi connectivity index (χ0n) is 11.8. The van der Waals surface area contributed by atoms with E-state index in [-0.39, 0.29) is 10.8 Å². The number of nitrogens with one attached hydrogen (secondary N) is 1. The molecule has 5 nitrogen and oxygen atoms in total. The standard InChI is InChI=1S/C14H20N4OS/c1-3-7-17-11-6-5-10(16-13(15)20)9-12(11)18(8-4-2)14(17)19/h5-6,9H,3-4,7-8H2,1-2H3,(H3,15,16,20). The molecule has 0 amide bonds. The molecular formula is C14H20N4OS. The molecule has 0 unspecified atom stereocenters. The summed E-state index contributed by atoms with van der Waals surface area (Å²) in [5.74, 6) is 0.